The number of thioether (sulfide) groups is 1. The second kappa shape index (κ2) is 9.15. The SMILES string of the molecule is CCC[C@H](NC(=O)NC(CC)CSC)C(=O)O. The molecule has 0 fully saturated rings. The Bertz CT molecular complexity index is 249. The normalized spacial score (nSPS) is 13.8. The molecule has 6 heteroatoms. The minimum atomic E-state index is -0.986. The number of rotatable bonds is 8. The molecule has 0 aliphatic carbocycles. The van der Waals surface area contributed by atoms with Gasteiger partial charge >= 0.3 is 12.0 Å². The Morgan fingerprint density at radius 3 is 2.35 bits per heavy atom. The minimum Gasteiger partial charge on any atom is -0.480 e. The third-order valence-corrected chi connectivity index (χ3v) is 3.11. The van der Waals surface area contributed by atoms with E-state index in [1.807, 2.05) is 20.1 Å². The quantitative estimate of drug-likeness (QED) is 0.622. The van der Waals surface area contributed by atoms with Gasteiger partial charge in [-0.1, -0.05) is 20.3 Å². The Balaban J connectivity index is 4.16. The molecule has 2 amide bonds. The first-order valence-electron chi connectivity index (χ1n) is 5.83. The van der Waals surface area contributed by atoms with Crippen molar-refractivity contribution in [2.24, 2.45) is 0 Å². The molecule has 0 aliphatic heterocycles. The number of carbonyl (C=O) groups is 2. The van der Waals surface area contributed by atoms with Crippen LogP contribution in [0.1, 0.15) is 33.1 Å². The molecule has 0 aromatic heterocycles. The highest BCUT2D eigenvalue weighted by atomic mass is 32.2. The highest BCUT2D eigenvalue weighted by molar-refractivity contribution is 7.98. The molecule has 0 aliphatic rings. The molecule has 5 nitrogen and oxygen atoms in total. The topological polar surface area (TPSA) is 78.4 Å². The number of nitrogens with one attached hydrogen (secondary N) is 2. The third-order valence-electron chi connectivity index (χ3n) is 2.38. The molecule has 0 spiro atoms. The number of carbonyl (C=O) groups excluding carboxylic acids is 1. The van der Waals surface area contributed by atoms with Crippen molar-refractivity contribution in [1.29, 1.82) is 0 Å². The van der Waals surface area contributed by atoms with E-state index in [1.54, 1.807) is 11.8 Å². The number of aliphatic carboxylic acids is 1. The van der Waals surface area contributed by atoms with Crippen LogP contribution in [0.5, 0.6) is 0 Å². The summed E-state index contributed by atoms with van der Waals surface area (Å²) in [7, 11) is 0. The van der Waals surface area contributed by atoms with E-state index in [-0.39, 0.29) is 6.04 Å². The molecule has 0 saturated carbocycles. The van der Waals surface area contributed by atoms with Crippen molar-refractivity contribution in [3.8, 4) is 0 Å². The molecule has 100 valence electrons. The van der Waals surface area contributed by atoms with Gasteiger partial charge in [-0.25, -0.2) is 9.59 Å². The first-order valence-corrected chi connectivity index (χ1v) is 7.23. The van der Waals surface area contributed by atoms with E-state index in [1.165, 1.54) is 0 Å². The van der Waals surface area contributed by atoms with Gasteiger partial charge in [-0.3, -0.25) is 0 Å². The molecule has 0 aromatic rings. The maximum Gasteiger partial charge on any atom is 0.326 e. The van der Waals surface area contributed by atoms with Gasteiger partial charge in [0.15, 0.2) is 0 Å². The van der Waals surface area contributed by atoms with Crippen molar-refractivity contribution in [2.75, 3.05) is 12.0 Å². The fraction of sp³-hybridized carbons (Fsp3) is 0.818. The Kier molecular flexibility index (Phi) is 8.66. The average Bonchev–Trinajstić information content (AvgIpc) is 2.27. The fourth-order valence-corrected chi connectivity index (χ4v) is 2.12. The van der Waals surface area contributed by atoms with Crippen LogP contribution in [-0.2, 0) is 4.79 Å². The zero-order valence-corrected chi connectivity index (χ0v) is 11.5. The lowest BCUT2D eigenvalue weighted by atomic mass is 10.2. The van der Waals surface area contributed by atoms with Crippen molar-refractivity contribution in [3.63, 3.8) is 0 Å². The number of carboxylic acid groups (broad SMARTS) is 1. The Morgan fingerprint density at radius 2 is 1.94 bits per heavy atom. The monoisotopic (exact) mass is 262 g/mol. The predicted molar refractivity (Wildman–Crippen MR) is 70.5 cm³/mol. The van der Waals surface area contributed by atoms with Crippen LogP contribution in [0.2, 0.25) is 0 Å². The fourth-order valence-electron chi connectivity index (χ4n) is 1.39. The summed E-state index contributed by atoms with van der Waals surface area (Å²) in [6, 6.07) is -1.11. The highest BCUT2D eigenvalue weighted by Gasteiger charge is 2.19. The summed E-state index contributed by atoms with van der Waals surface area (Å²) < 4.78 is 0. The van der Waals surface area contributed by atoms with Crippen molar-refractivity contribution in [1.82, 2.24) is 10.6 Å². The van der Waals surface area contributed by atoms with Crippen LogP contribution in [0.15, 0.2) is 0 Å². The van der Waals surface area contributed by atoms with Crippen LogP contribution in [0, 0.1) is 0 Å². The van der Waals surface area contributed by atoms with E-state index in [9.17, 15) is 9.59 Å². The molecule has 1 unspecified atom stereocenters. The summed E-state index contributed by atoms with van der Waals surface area (Å²) in [5, 5.41) is 14.2. The van der Waals surface area contributed by atoms with Crippen LogP contribution in [0.25, 0.3) is 0 Å². The van der Waals surface area contributed by atoms with Gasteiger partial charge in [0, 0.05) is 11.8 Å². The molecular formula is C11H22N2O3S. The first kappa shape index (κ1) is 16.1. The Labute approximate surface area is 107 Å². The van der Waals surface area contributed by atoms with Crippen molar-refractivity contribution >= 4 is 23.8 Å². The van der Waals surface area contributed by atoms with Gasteiger partial charge in [0.1, 0.15) is 6.04 Å². The zero-order chi connectivity index (χ0) is 13.3. The number of carboxylic acids is 1. The second-order valence-electron chi connectivity index (χ2n) is 3.86. The maximum atomic E-state index is 11.6. The number of amides is 2. The Morgan fingerprint density at radius 1 is 1.29 bits per heavy atom. The predicted octanol–water partition coefficient (Wildman–Crippen LogP) is 1.68. The Hall–Kier alpha value is -0.910. The minimum absolute atomic E-state index is 0.0843. The maximum absolute atomic E-state index is 11.6. The van der Waals surface area contributed by atoms with E-state index in [2.05, 4.69) is 10.6 Å². The zero-order valence-electron chi connectivity index (χ0n) is 10.7. The van der Waals surface area contributed by atoms with Gasteiger partial charge in [-0.2, -0.15) is 11.8 Å². The second-order valence-corrected chi connectivity index (χ2v) is 4.77. The van der Waals surface area contributed by atoms with Crippen LogP contribution >= 0.6 is 11.8 Å². The molecule has 0 bridgehead atoms. The van der Waals surface area contributed by atoms with Gasteiger partial charge in [0.2, 0.25) is 0 Å². The summed E-state index contributed by atoms with van der Waals surface area (Å²) in [4.78, 5) is 22.4. The van der Waals surface area contributed by atoms with Crippen molar-refractivity contribution in [3.05, 3.63) is 0 Å². The van der Waals surface area contributed by atoms with Gasteiger partial charge in [0.05, 0.1) is 0 Å². The van der Waals surface area contributed by atoms with E-state index in [0.29, 0.717) is 6.42 Å². The number of hydrogen-bond donors (Lipinski definition) is 3. The average molecular weight is 262 g/mol. The summed E-state index contributed by atoms with van der Waals surface area (Å²) in [5.74, 6) is -0.157. The number of hydrogen-bond acceptors (Lipinski definition) is 3. The van der Waals surface area contributed by atoms with E-state index in [0.717, 1.165) is 18.6 Å². The van der Waals surface area contributed by atoms with E-state index >= 15 is 0 Å². The number of urea groups is 1. The van der Waals surface area contributed by atoms with Crippen LogP contribution in [0.3, 0.4) is 0 Å². The molecule has 0 aromatic carbocycles. The largest absolute Gasteiger partial charge is 0.480 e. The molecule has 0 saturated heterocycles. The summed E-state index contributed by atoms with van der Waals surface area (Å²) in [6.07, 6.45) is 3.97. The third kappa shape index (κ3) is 7.10. The van der Waals surface area contributed by atoms with Gasteiger partial charge in [-0.15, -0.1) is 0 Å². The van der Waals surface area contributed by atoms with Crippen molar-refractivity contribution in [2.45, 2.75) is 45.2 Å². The molecule has 0 radical (unpaired) electrons. The van der Waals surface area contributed by atoms with Crippen LogP contribution in [0.4, 0.5) is 4.79 Å². The summed E-state index contributed by atoms with van der Waals surface area (Å²) in [5.41, 5.74) is 0. The van der Waals surface area contributed by atoms with Crippen molar-refractivity contribution < 1.29 is 14.7 Å². The lowest BCUT2D eigenvalue weighted by Crippen LogP contribution is -2.49. The van der Waals surface area contributed by atoms with Gasteiger partial charge in [0.25, 0.3) is 0 Å². The van der Waals surface area contributed by atoms with Gasteiger partial charge < -0.3 is 15.7 Å². The summed E-state index contributed by atoms with van der Waals surface area (Å²) >= 11 is 1.65. The molecule has 3 N–H and O–H groups in total. The molecule has 2 atom stereocenters. The molecule has 0 rings (SSSR count). The highest BCUT2D eigenvalue weighted by Crippen LogP contribution is 2.01. The lowest BCUT2D eigenvalue weighted by Gasteiger charge is -2.19. The van der Waals surface area contributed by atoms with Gasteiger partial charge in [-0.05, 0) is 19.1 Å². The molecule has 0 heterocycles. The first-order chi connectivity index (χ1) is 8.04. The summed E-state index contributed by atoms with van der Waals surface area (Å²) in [6.45, 7) is 3.87. The van der Waals surface area contributed by atoms with E-state index < -0.39 is 18.0 Å². The smallest absolute Gasteiger partial charge is 0.326 e. The standard InChI is InChI=1S/C11H22N2O3S/c1-4-6-9(10(14)15)13-11(16)12-8(5-2)7-17-3/h8-9H,4-7H2,1-3H3,(H,14,15)(H2,12,13,16)/t8?,9-/m0/s1. The van der Waals surface area contributed by atoms with E-state index in [4.69, 9.17) is 5.11 Å². The molecule has 17 heavy (non-hydrogen) atoms. The lowest BCUT2D eigenvalue weighted by molar-refractivity contribution is -0.139. The van der Waals surface area contributed by atoms with Crippen LogP contribution in [-0.4, -0.2) is 41.2 Å². The molecular weight excluding hydrogens is 240 g/mol. The van der Waals surface area contributed by atoms with Crippen LogP contribution < -0.4 is 10.6 Å².